The Bertz CT molecular complexity index is 2090. The van der Waals surface area contributed by atoms with Crippen LogP contribution in [0.15, 0.2) is 132 Å². The number of aliphatic hydroxyl groups is 1. The molecule has 5 aromatic rings. The Balaban J connectivity index is 1.39. The van der Waals surface area contributed by atoms with Gasteiger partial charge in [-0.1, -0.05) is 92.7 Å². The van der Waals surface area contributed by atoms with Gasteiger partial charge in [0.2, 0.25) is 10.0 Å². The van der Waals surface area contributed by atoms with E-state index < -0.39 is 35.2 Å². The van der Waals surface area contributed by atoms with Gasteiger partial charge in [-0.05, 0) is 73.4 Å². The Morgan fingerprint density at radius 3 is 1.98 bits per heavy atom. The third kappa shape index (κ3) is 9.74. The van der Waals surface area contributed by atoms with Gasteiger partial charge in [0.15, 0.2) is 7.14 Å². The van der Waals surface area contributed by atoms with Crippen molar-refractivity contribution in [1.82, 2.24) is 9.62 Å². The van der Waals surface area contributed by atoms with Crippen LogP contribution in [-0.2, 0) is 21.0 Å². The normalized spacial score (nSPS) is 13.1. The number of benzene rings is 5. The van der Waals surface area contributed by atoms with Crippen LogP contribution in [0, 0.1) is 12.8 Å². The van der Waals surface area contributed by atoms with Gasteiger partial charge in [0.1, 0.15) is 17.8 Å². The smallest absolute Gasteiger partial charge is 0.252 e. The molecule has 0 aromatic heterocycles. The Labute approximate surface area is 311 Å². The molecular formula is C41H46N3O7PS. The number of phenols is 1. The highest BCUT2D eigenvalue weighted by molar-refractivity contribution is 7.89. The van der Waals surface area contributed by atoms with E-state index in [2.05, 4.69) is 5.32 Å². The summed E-state index contributed by atoms with van der Waals surface area (Å²) in [5.74, 6) is -0.167. The number of phenolic OH excluding ortho intramolecular Hbond substituents is 1. The van der Waals surface area contributed by atoms with Crippen molar-refractivity contribution in [1.29, 1.82) is 0 Å². The number of hydrogen-bond donors (Lipinski definition) is 4. The summed E-state index contributed by atoms with van der Waals surface area (Å²) in [6.45, 7) is 5.20. The summed E-state index contributed by atoms with van der Waals surface area (Å²) in [5, 5.41) is 26.2. The molecule has 0 saturated heterocycles. The molecule has 5 rings (SSSR count). The van der Waals surface area contributed by atoms with Crippen LogP contribution < -0.4 is 26.4 Å². The third-order valence-corrected chi connectivity index (χ3v) is 13.5. The molecule has 0 saturated carbocycles. The van der Waals surface area contributed by atoms with E-state index in [0.29, 0.717) is 27.6 Å². The lowest BCUT2D eigenvalue weighted by molar-refractivity contribution is 0.0775. The molecule has 10 nitrogen and oxygen atoms in total. The minimum Gasteiger partial charge on any atom is -0.508 e. The number of anilines is 1. The van der Waals surface area contributed by atoms with Gasteiger partial charge in [0.25, 0.3) is 5.91 Å². The number of nitrogens with two attached hydrogens (primary N) is 1. The predicted octanol–water partition coefficient (Wildman–Crippen LogP) is 5.68. The van der Waals surface area contributed by atoms with E-state index in [0.717, 1.165) is 5.56 Å². The van der Waals surface area contributed by atoms with E-state index in [1.807, 2.05) is 74.5 Å². The highest BCUT2D eigenvalue weighted by Gasteiger charge is 2.32. The number of carbonyl (C=O) groups excluding carboxylic acids is 1. The average Bonchev–Trinajstić information content (AvgIpc) is 3.15. The van der Waals surface area contributed by atoms with Crippen molar-refractivity contribution >= 4 is 39.4 Å². The molecule has 0 heterocycles. The van der Waals surface area contributed by atoms with Gasteiger partial charge in [-0.3, -0.25) is 4.79 Å². The number of amides is 1. The number of nitrogens with zero attached hydrogens (tertiary/aromatic N) is 1. The first-order chi connectivity index (χ1) is 25.3. The molecular weight excluding hydrogens is 710 g/mol. The lowest BCUT2D eigenvalue weighted by atomic mass is 9.99. The zero-order chi connectivity index (χ0) is 38.2. The monoisotopic (exact) mass is 755 g/mol. The first-order valence-corrected chi connectivity index (χ1v) is 20.7. The van der Waals surface area contributed by atoms with Crippen molar-refractivity contribution in [2.24, 2.45) is 5.92 Å². The zero-order valence-corrected chi connectivity index (χ0v) is 31.7. The number of aromatic hydroxyl groups is 1. The molecule has 53 heavy (non-hydrogen) atoms. The van der Waals surface area contributed by atoms with Crippen LogP contribution in [-0.4, -0.2) is 60.4 Å². The number of sulfonamides is 1. The van der Waals surface area contributed by atoms with Gasteiger partial charge in [-0.2, -0.15) is 4.31 Å². The second-order valence-corrected chi connectivity index (χ2v) is 18.1. The Kier molecular flexibility index (Phi) is 12.8. The number of nitrogens with one attached hydrogen (secondary N) is 1. The maximum Gasteiger partial charge on any atom is 0.252 e. The van der Waals surface area contributed by atoms with E-state index in [4.69, 9.17) is 10.5 Å². The Morgan fingerprint density at radius 2 is 1.42 bits per heavy atom. The lowest BCUT2D eigenvalue weighted by Crippen LogP contribution is -2.51. The number of hydrogen-bond acceptors (Lipinski definition) is 8. The fraction of sp³-hybridized carbons (Fsp3) is 0.244. The maximum absolute atomic E-state index is 14.4. The fourth-order valence-corrected chi connectivity index (χ4v) is 9.83. The van der Waals surface area contributed by atoms with Crippen LogP contribution >= 0.6 is 7.14 Å². The van der Waals surface area contributed by atoms with Crippen LogP contribution in [0.1, 0.15) is 35.3 Å². The summed E-state index contributed by atoms with van der Waals surface area (Å²) < 4.78 is 49.4. The molecule has 12 heteroatoms. The summed E-state index contributed by atoms with van der Waals surface area (Å²) in [6.07, 6.45) is -1.26. The third-order valence-electron chi connectivity index (χ3n) is 8.95. The summed E-state index contributed by atoms with van der Waals surface area (Å²) in [6, 6.07) is 35.0. The number of carbonyl (C=O) groups is 1. The van der Waals surface area contributed by atoms with Crippen LogP contribution in [0.3, 0.4) is 0 Å². The van der Waals surface area contributed by atoms with Crippen molar-refractivity contribution in [2.45, 2.75) is 44.2 Å². The van der Waals surface area contributed by atoms with Crippen LogP contribution in [0.4, 0.5) is 5.69 Å². The summed E-state index contributed by atoms with van der Waals surface area (Å²) in [4.78, 5) is 13.6. The first-order valence-electron chi connectivity index (χ1n) is 17.3. The molecule has 0 aliphatic rings. The summed E-state index contributed by atoms with van der Waals surface area (Å²) >= 11 is 0. The zero-order valence-electron chi connectivity index (χ0n) is 30.0. The van der Waals surface area contributed by atoms with Gasteiger partial charge in [0, 0.05) is 40.5 Å². The Hall–Kier alpha value is -4.93. The highest BCUT2D eigenvalue weighted by Crippen LogP contribution is 2.43. The molecule has 278 valence electrons. The molecule has 0 aliphatic heterocycles. The topological polar surface area (TPSA) is 159 Å². The summed E-state index contributed by atoms with van der Waals surface area (Å²) in [7, 11) is -7.17. The van der Waals surface area contributed by atoms with Gasteiger partial charge in [0.05, 0.1) is 17.0 Å². The molecule has 0 bridgehead atoms. The van der Waals surface area contributed by atoms with Crippen molar-refractivity contribution < 1.29 is 32.7 Å². The highest BCUT2D eigenvalue weighted by atomic mass is 32.2. The second kappa shape index (κ2) is 17.3. The molecule has 5 aromatic carbocycles. The fourth-order valence-electron chi connectivity index (χ4n) is 5.98. The predicted molar refractivity (Wildman–Crippen MR) is 210 cm³/mol. The molecule has 2 atom stereocenters. The largest absolute Gasteiger partial charge is 0.508 e. The van der Waals surface area contributed by atoms with E-state index in [9.17, 15) is 28.0 Å². The van der Waals surface area contributed by atoms with Crippen LogP contribution in [0.2, 0.25) is 0 Å². The molecule has 0 fully saturated rings. The van der Waals surface area contributed by atoms with Crippen LogP contribution in [0.5, 0.6) is 11.5 Å². The van der Waals surface area contributed by atoms with E-state index in [-0.39, 0.29) is 48.0 Å². The Morgan fingerprint density at radius 1 is 0.830 bits per heavy atom. The average molecular weight is 756 g/mol. The summed E-state index contributed by atoms with van der Waals surface area (Å²) in [5.41, 5.74) is 7.54. The minimum absolute atomic E-state index is 0.0372. The van der Waals surface area contributed by atoms with E-state index >= 15 is 0 Å². The molecule has 5 N–H and O–H groups in total. The van der Waals surface area contributed by atoms with E-state index in [1.54, 1.807) is 43.3 Å². The quantitative estimate of drug-likeness (QED) is 0.0740. The molecule has 0 radical (unpaired) electrons. The maximum atomic E-state index is 14.4. The standard InChI is InChI=1S/C41H46N3O7PS/c1-29(2)26-44(53(49,50)36-23-19-32(42)20-24-36)27-40(46)38(43-41(47)37-15-10-16-39(45)30(37)3)25-31-17-21-33(22-18-31)51-28-52(48,34-11-6-4-7-12-34)35-13-8-5-9-14-35/h4-24,29,38,40,45-46H,25-28,42H2,1-3H3,(H,43,47)/t38-,40+/m0/s1. The molecule has 0 aliphatic carbocycles. The van der Waals surface area contributed by atoms with E-state index in [1.165, 1.54) is 34.6 Å². The van der Waals surface area contributed by atoms with Crippen molar-refractivity contribution in [3.63, 3.8) is 0 Å². The second-order valence-electron chi connectivity index (χ2n) is 13.4. The molecule has 0 unspecified atom stereocenters. The van der Waals surface area contributed by atoms with Gasteiger partial charge in [-0.15, -0.1) is 0 Å². The van der Waals surface area contributed by atoms with Gasteiger partial charge >= 0.3 is 0 Å². The SMILES string of the molecule is Cc1c(O)cccc1C(=O)N[C@@H](Cc1ccc(OCP(=O)(c2ccccc2)c2ccccc2)cc1)[C@H](O)CN(CC(C)C)S(=O)(=O)c1ccc(N)cc1. The number of rotatable bonds is 16. The molecule has 0 spiro atoms. The van der Waals surface area contributed by atoms with Crippen LogP contribution in [0.25, 0.3) is 0 Å². The number of aliphatic hydroxyl groups excluding tert-OH is 1. The van der Waals surface area contributed by atoms with Gasteiger partial charge in [-0.25, -0.2) is 8.42 Å². The minimum atomic E-state index is -4.04. The first kappa shape index (κ1) is 39.3. The van der Waals surface area contributed by atoms with Crippen molar-refractivity contribution in [3.05, 3.63) is 144 Å². The van der Waals surface area contributed by atoms with Crippen molar-refractivity contribution in [2.75, 3.05) is 25.2 Å². The number of nitrogen functional groups attached to an aromatic ring is 1. The molecule has 1 amide bonds. The lowest BCUT2D eigenvalue weighted by Gasteiger charge is -2.31. The number of ether oxygens (including phenoxy) is 1. The van der Waals surface area contributed by atoms with Crippen molar-refractivity contribution in [3.8, 4) is 11.5 Å². The van der Waals surface area contributed by atoms with Gasteiger partial charge < -0.3 is 30.6 Å².